The lowest BCUT2D eigenvalue weighted by atomic mass is 10.2. The molecule has 2 rings (SSSR count). The van der Waals surface area contributed by atoms with Crippen LogP contribution in [0.5, 0.6) is 0 Å². The fraction of sp³-hybridized carbons (Fsp3) is 0. The van der Waals surface area contributed by atoms with Crippen molar-refractivity contribution in [2.45, 2.75) is 0 Å². The molecule has 0 bridgehead atoms. The number of aromatic carboxylic acids is 1. The van der Waals surface area contributed by atoms with Crippen LogP contribution in [0.3, 0.4) is 0 Å². The van der Waals surface area contributed by atoms with Gasteiger partial charge in [0.1, 0.15) is 11.5 Å². The highest BCUT2D eigenvalue weighted by Crippen LogP contribution is 2.24. The maximum Gasteiger partial charge on any atom is 0.335 e. The van der Waals surface area contributed by atoms with Gasteiger partial charge in [0.2, 0.25) is 0 Å². The SMILES string of the molecule is O=C(O)c1cc(F)c(Nc2cncc(F)c2)c(F)c1. The summed E-state index contributed by atoms with van der Waals surface area (Å²) in [5.41, 5.74) is -1.05. The van der Waals surface area contributed by atoms with E-state index in [4.69, 9.17) is 5.11 Å². The van der Waals surface area contributed by atoms with Crippen LogP contribution in [0.1, 0.15) is 10.4 Å². The zero-order valence-corrected chi connectivity index (χ0v) is 9.32. The van der Waals surface area contributed by atoms with Gasteiger partial charge in [-0.05, 0) is 12.1 Å². The predicted octanol–water partition coefficient (Wildman–Crippen LogP) is 2.94. The highest BCUT2D eigenvalue weighted by molar-refractivity contribution is 5.88. The number of carboxylic acids is 1. The monoisotopic (exact) mass is 268 g/mol. The molecule has 7 heteroatoms. The number of aromatic nitrogens is 1. The lowest BCUT2D eigenvalue weighted by Gasteiger charge is -2.09. The molecule has 0 saturated carbocycles. The lowest BCUT2D eigenvalue weighted by Crippen LogP contribution is -2.03. The van der Waals surface area contributed by atoms with Gasteiger partial charge in [0.05, 0.1) is 23.6 Å². The van der Waals surface area contributed by atoms with Crippen LogP contribution in [0.4, 0.5) is 24.5 Å². The number of anilines is 2. The second-order valence-corrected chi connectivity index (χ2v) is 3.64. The Morgan fingerprint density at radius 3 is 2.26 bits per heavy atom. The van der Waals surface area contributed by atoms with E-state index in [0.29, 0.717) is 12.1 Å². The minimum absolute atomic E-state index is 0.0425. The molecule has 1 heterocycles. The molecule has 0 radical (unpaired) electrons. The van der Waals surface area contributed by atoms with Gasteiger partial charge in [-0.15, -0.1) is 0 Å². The van der Waals surface area contributed by atoms with Gasteiger partial charge in [-0.3, -0.25) is 4.98 Å². The summed E-state index contributed by atoms with van der Waals surface area (Å²) in [6.07, 6.45) is 2.11. The van der Waals surface area contributed by atoms with E-state index < -0.39 is 34.7 Å². The third kappa shape index (κ3) is 2.82. The summed E-state index contributed by atoms with van der Waals surface area (Å²) in [7, 11) is 0. The molecular formula is C12H7F3N2O2. The molecule has 0 aliphatic heterocycles. The van der Waals surface area contributed by atoms with E-state index in [2.05, 4.69) is 10.3 Å². The summed E-state index contributed by atoms with van der Waals surface area (Å²) in [6.45, 7) is 0. The number of rotatable bonds is 3. The molecule has 0 amide bonds. The third-order valence-corrected chi connectivity index (χ3v) is 2.26. The maximum atomic E-state index is 13.6. The van der Waals surface area contributed by atoms with Crippen molar-refractivity contribution in [2.24, 2.45) is 0 Å². The average Bonchev–Trinajstić information content (AvgIpc) is 2.33. The Kier molecular flexibility index (Phi) is 3.37. The van der Waals surface area contributed by atoms with E-state index in [0.717, 1.165) is 12.3 Å². The molecule has 98 valence electrons. The van der Waals surface area contributed by atoms with E-state index in [1.54, 1.807) is 0 Å². The molecule has 2 aromatic rings. The molecule has 2 N–H and O–H groups in total. The third-order valence-electron chi connectivity index (χ3n) is 2.26. The molecule has 1 aromatic carbocycles. The predicted molar refractivity (Wildman–Crippen MR) is 60.8 cm³/mol. The van der Waals surface area contributed by atoms with Crippen molar-refractivity contribution in [3.05, 3.63) is 53.6 Å². The minimum Gasteiger partial charge on any atom is -0.478 e. The molecular weight excluding hydrogens is 261 g/mol. The van der Waals surface area contributed by atoms with E-state index >= 15 is 0 Å². The van der Waals surface area contributed by atoms with Crippen LogP contribution in [-0.4, -0.2) is 16.1 Å². The molecule has 0 saturated heterocycles. The largest absolute Gasteiger partial charge is 0.478 e. The first kappa shape index (κ1) is 12.9. The first-order valence-corrected chi connectivity index (χ1v) is 5.07. The van der Waals surface area contributed by atoms with Crippen molar-refractivity contribution in [1.82, 2.24) is 4.98 Å². The molecule has 1 aromatic heterocycles. The number of hydrogen-bond acceptors (Lipinski definition) is 3. The first-order valence-electron chi connectivity index (χ1n) is 5.07. The topological polar surface area (TPSA) is 62.2 Å². The normalized spacial score (nSPS) is 10.3. The number of benzene rings is 1. The number of carbonyl (C=O) groups is 1. The van der Waals surface area contributed by atoms with Crippen molar-refractivity contribution in [3.8, 4) is 0 Å². The summed E-state index contributed by atoms with van der Waals surface area (Å²) in [4.78, 5) is 14.1. The number of pyridine rings is 1. The summed E-state index contributed by atoms with van der Waals surface area (Å²) >= 11 is 0. The molecule has 0 aliphatic rings. The Morgan fingerprint density at radius 1 is 1.11 bits per heavy atom. The summed E-state index contributed by atoms with van der Waals surface area (Å²) in [5.74, 6) is -4.31. The van der Waals surface area contributed by atoms with Gasteiger partial charge in [-0.2, -0.15) is 0 Å². The number of nitrogens with zero attached hydrogens (tertiary/aromatic N) is 1. The molecule has 0 unspecified atom stereocenters. The van der Waals surface area contributed by atoms with Crippen molar-refractivity contribution in [2.75, 3.05) is 5.32 Å². The van der Waals surface area contributed by atoms with Gasteiger partial charge < -0.3 is 10.4 Å². The molecule has 19 heavy (non-hydrogen) atoms. The van der Waals surface area contributed by atoms with Crippen LogP contribution in [0, 0.1) is 17.5 Å². The minimum atomic E-state index is -1.45. The highest BCUT2D eigenvalue weighted by Gasteiger charge is 2.15. The van der Waals surface area contributed by atoms with Crippen LogP contribution in [0.2, 0.25) is 0 Å². The van der Waals surface area contributed by atoms with E-state index in [9.17, 15) is 18.0 Å². The quantitative estimate of drug-likeness (QED) is 0.898. The smallest absolute Gasteiger partial charge is 0.335 e. The standard InChI is InChI=1S/C12H7F3N2O2/c13-7-3-8(5-16-4-7)17-11-9(14)1-6(12(18)19)2-10(11)15/h1-5,17H,(H,18,19). The Bertz CT molecular complexity index is 624. The zero-order chi connectivity index (χ0) is 14.0. The van der Waals surface area contributed by atoms with Gasteiger partial charge in [-0.1, -0.05) is 0 Å². The Hall–Kier alpha value is -2.57. The summed E-state index contributed by atoms with van der Waals surface area (Å²) in [5, 5.41) is 10.9. The second kappa shape index (κ2) is 4.97. The zero-order valence-electron chi connectivity index (χ0n) is 9.32. The average molecular weight is 268 g/mol. The summed E-state index contributed by atoms with van der Waals surface area (Å²) < 4.78 is 40.0. The molecule has 0 aliphatic carbocycles. The number of nitrogens with one attached hydrogen (secondary N) is 1. The Labute approximate surface area is 105 Å². The fourth-order valence-corrected chi connectivity index (χ4v) is 1.44. The number of hydrogen-bond donors (Lipinski definition) is 2. The van der Waals surface area contributed by atoms with Crippen LogP contribution >= 0.6 is 0 Å². The van der Waals surface area contributed by atoms with Crippen LogP contribution in [0.15, 0.2) is 30.6 Å². The van der Waals surface area contributed by atoms with E-state index in [1.165, 1.54) is 6.20 Å². The van der Waals surface area contributed by atoms with Crippen molar-refractivity contribution < 1.29 is 23.1 Å². The van der Waals surface area contributed by atoms with Crippen LogP contribution < -0.4 is 5.32 Å². The van der Waals surface area contributed by atoms with Crippen molar-refractivity contribution in [1.29, 1.82) is 0 Å². The lowest BCUT2D eigenvalue weighted by molar-refractivity contribution is 0.0696. The first-order chi connectivity index (χ1) is 8.97. The molecule has 4 nitrogen and oxygen atoms in total. The van der Waals surface area contributed by atoms with Gasteiger partial charge in [-0.25, -0.2) is 18.0 Å². The molecule has 0 spiro atoms. The Morgan fingerprint density at radius 2 is 1.74 bits per heavy atom. The summed E-state index contributed by atoms with van der Waals surface area (Å²) in [6, 6.07) is 2.33. The van der Waals surface area contributed by atoms with Crippen molar-refractivity contribution >= 4 is 17.3 Å². The Balaban J connectivity index is 2.38. The van der Waals surface area contributed by atoms with E-state index in [1.807, 2.05) is 0 Å². The molecule has 0 fully saturated rings. The maximum absolute atomic E-state index is 13.6. The van der Waals surface area contributed by atoms with Gasteiger partial charge in [0, 0.05) is 6.07 Å². The number of halogens is 3. The van der Waals surface area contributed by atoms with Crippen LogP contribution in [-0.2, 0) is 0 Å². The van der Waals surface area contributed by atoms with Crippen LogP contribution in [0.25, 0.3) is 0 Å². The second-order valence-electron chi connectivity index (χ2n) is 3.64. The highest BCUT2D eigenvalue weighted by atomic mass is 19.1. The van der Waals surface area contributed by atoms with Gasteiger partial charge in [0.25, 0.3) is 0 Å². The van der Waals surface area contributed by atoms with Crippen molar-refractivity contribution in [3.63, 3.8) is 0 Å². The number of carboxylic acid groups (broad SMARTS) is 1. The fourth-order valence-electron chi connectivity index (χ4n) is 1.44. The van der Waals surface area contributed by atoms with Gasteiger partial charge >= 0.3 is 5.97 Å². The molecule has 0 atom stereocenters. The van der Waals surface area contributed by atoms with E-state index in [-0.39, 0.29) is 5.69 Å². The van der Waals surface area contributed by atoms with Gasteiger partial charge in [0.15, 0.2) is 11.6 Å².